The maximum Gasteiger partial charge on any atom is 0.277 e. The molecule has 4 aromatic rings. The lowest BCUT2D eigenvalue weighted by atomic mass is 10.2. The lowest BCUT2D eigenvalue weighted by Crippen LogP contribution is -2.13. The molecule has 26 heavy (non-hydrogen) atoms. The number of aromatic amines is 1. The third kappa shape index (κ3) is 2.54. The van der Waals surface area contributed by atoms with Crippen molar-refractivity contribution in [1.82, 2.24) is 24.6 Å². The summed E-state index contributed by atoms with van der Waals surface area (Å²) >= 11 is 0. The smallest absolute Gasteiger partial charge is 0.277 e. The van der Waals surface area contributed by atoms with Crippen LogP contribution in [0.4, 0.5) is 5.82 Å². The summed E-state index contributed by atoms with van der Waals surface area (Å²) in [6.45, 7) is 0. The maximum absolute atomic E-state index is 12.8. The number of carbonyl (C=O) groups excluding carboxylic acids is 1. The zero-order valence-corrected chi connectivity index (χ0v) is 13.9. The summed E-state index contributed by atoms with van der Waals surface area (Å²) < 4.78 is 2.01. The third-order valence-corrected chi connectivity index (χ3v) is 4.54. The average molecular weight is 344 g/mol. The Morgan fingerprint density at radius 2 is 2.04 bits per heavy atom. The number of fused-ring (bicyclic) bond motifs is 1. The number of anilines is 1. The minimum absolute atomic E-state index is 0.256. The predicted molar refractivity (Wildman–Crippen MR) is 96.9 cm³/mol. The van der Waals surface area contributed by atoms with Crippen LogP contribution in [-0.4, -0.2) is 30.5 Å². The average Bonchev–Trinajstić information content (AvgIpc) is 3.29. The molecule has 0 aliphatic heterocycles. The normalized spacial score (nSPS) is 13.8. The van der Waals surface area contributed by atoms with Gasteiger partial charge in [-0.1, -0.05) is 6.07 Å². The molecule has 4 heterocycles. The molecule has 1 aliphatic rings. The Hall–Kier alpha value is -3.48. The Kier molecular flexibility index (Phi) is 3.31. The number of rotatable bonds is 4. The molecule has 0 unspecified atom stereocenters. The maximum atomic E-state index is 12.8. The van der Waals surface area contributed by atoms with Gasteiger partial charge < -0.3 is 9.72 Å². The zero-order valence-electron chi connectivity index (χ0n) is 13.9. The Morgan fingerprint density at radius 3 is 2.85 bits per heavy atom. The molecule has 0 spiro atoms. The number of imidazole rings is 1. The van der Waals surface area contributed by atoms with E-state index in [0.717, 1.165) is 35.4 Å². The van der Waals surface area contributed by atoms with E-state index in [4.69, 9.17) is 0 Å². The molecule has 2 N–H and O–H groups in total. The van der Waals surface area contributed by atoms with Gasteiger partial charge in [-0.05, 0) is 37.1 Å². The molecule has 0 atom stereocenters. The largest absolute Gasteiger partial charge is 0.304 e. The van der Waals surface area contributed by atoms with E-state index in [2.05, 4.69) is 25.5 Å². The first-order valence-electron chi connectivity index (χ1n) is 8.54. The molecular weight excluding hydrogens is 328 g/mol. The van der Waals surface area contributed by atoms with Crippen molar-refractivity contribution in [3.63, 3.8) is 0 Å². The van der Waals surface area contributed by atoms with Gasteiger partial charge in [-0.15, -0.1) is 0 Å². The van der Waals surface area contributed by atoms with E-state index in [1.54, 1.807) is 18.5 Å². The summed E-state index contributed by atoms with van der Waals surface area (Å²) in [5.74, 6) is 1.63. The van der Waals surface area contributed by atoms with Gasteiger partial charge in [0.2, 0.25) is 0 Å². The van der Waals surface area contributed by atoms with Gasteiger partial charge in [0.15, 0.2) is 11.5 Å². The second-order valence-corrected chi connectivity index (χ2v) is 6.41. The fourth-order valence-electron chi connectivity index (χ4n) is 3.10. The number of nitrogens with one attached hydrogen (secondary N) is 2. The first-order chi connectivity index (χ1) is 12.8. The minimum atomic E-state index is -0.256. The van der Waals surface area contributed by atoms with Gasteiger partial charge >= 0.3 is 0 Å². The molecule has 1 fully saturated rings. The van der Waals surface area contributed by atoms with Crippen LogP contribution in [0, 0.1) is 0 Å². The van der Waals surface area contributed by atoms with E-state index in [-0.39, 0.29) is 5.91 Å². The van der Waals surface area contributed by atoms with Crippen molar-refractivity contribution < 1.29 is 4.79 Å². The number of pyridine rings is 2. The highest BCUT2D eigenvalue weighted by Gasteiger charge is 2.30. The van der Waals surface area contributed by atoms with E-state index in [1.165, 1.54) is 0 Å². The van der Waals surface area contributed by atoms with Crippen LogP contribution in [-0.2, 0) is 0 Å². The van der Waals surface area contributed by atoms with Gasteiger partial charge in [0.05, 0.1) is 11.2 Å². The summed E-state index contributed by atoms with van der Waals surface area (Å²) in [5.41, 5.74) is 3.02. The topological polar surface area (TPSA) is 88.0 Å². The van der Waals surface area contributed by atoms with Crippen molar-refractivity contribution in [3.05, 3.63) is 66.5 Å². The fourth-order valence-corrected chi connectivity index (χ4v) is 3.10. The van der Waals surface area contributed by atoms with Crippen LogP contribution >= 0.6 is 0 Å². The standard InChI is InChI=1S/C19H16N6O/c26-19(21-16-11-14(23-24-16)12-6-8-20-9-7-12)17-15-3-1-2-10-25(15)18(22-17)13-4-5-13/h1-3,6-11,13H,4-5H2,(H2,21,23,24,26). The predicted octanol–water partition coefficient (Wildman–Crippen LogP) is 3.25. The summed E-state index contributed by atoms with van der Waals surface area (Å²) in [5, 5.41) is 9.95. The second-order valence-electron chi connectivity index (χ2n) is 6.41. The SMILES string of the molecule is O=C(Nc1cc(-c2ccncc2)[nH]n1)c1nc(C2CC2)n2ccccc12. The molecule has 0 radical (unpaired) electrons. The van der Waals surface area contributed by atoms with Gasteiger partial charge in [-0.25, -0.2) is 4.98 Å². The van der Waals surface area contributed by atoms with Crippen LogP contribution in [0.1, 0.15) is 35.1 Å². The number of hydrogen-bond acceptors (Lipinski definition) is 4. The molecular formula is C19H16N6O. The summed E-state index contributed by atoms with van der Waals surface area (Å²) in [7, 11) is 0. The number of H-pyrrole nitrogens is 1. The van der Waals surface area contributed by atoms with E-state index in [1.807, 2.05) is 40.9 Å². The van der Waals surface area contributed by atoms with E-state index < -0.39 is 0 Å². The molecule has 7 nitrogen and oxygen atoms in total. The summed E-state index contributed by atoms with van der Waals surface area (Å²) in [6, 6.07) is 11.3. The van der Waals surface area contributed by atoms with Crippen LogP contribution in [0.3, 0.4) is 0 Å². The zero-order chi connectivity index (χ0) is 17.5. The molecule has 1 aliphatic carbocycles. The van der Waals surface area contributed by atoms with Gasteiger partial charge in [-0.2, -0.15) is 5.10 Å². The highest BCUT2D eigenvalue weighted by molar-refractivity contribution is 6.07. The Bertz CT molecular complexity index is 1090. The minimum Gasteiger partial charge on any atom is -0.304 e. The van der Waals surface area contributed by atoms with Gasteiger partial charge in [0, 0.05) is 36.1 Å². The Balaban J connectivity index is 1.45. The first kappa shape index (κ1) is 14.8. The van der Waals surface area contributed by atoms with Crippen LogP contribution in [0.15, 0.2) is 55.0 Å². The van der Waals surface area contributed by atoms with Crippen molar-refractivity contribution in [3.8, 4) is 11.3 Å². The Morgan fingerprint density at radius 1 is 1.19 bits per heavy atom. The van der Waals surface area contributed by atoms with Gasteiger partial charge in [0.1, 0.15) is 5.82 Å². The quantitative estimate of drug-likeness (QED) is 0.595. The van der Waals surface area contributed by atoms with Crippen molar-refractivity contribution in [2.24, 2.45) is 0 Å². The molecule has 0 saturated heterocycles. The third-order valence-electron chi connectivity index (χ3n) is 4.54. The lowest BCUT2D eigenvalue weighted by molar-refractivity contribution is 0.102. The Labute approximate surface area is 149 Å². The van der Waals surface area contributed by atoms with Crippen LogP contribution in [0.25, 0.3) is 16.8 Å². The molecule has 128 valence electrons. The number of amides is 1. The van der Waals surface area contributed by atoms with Crippen molar-refractivity contribution in [2.75, 3.05) is 5.32 Å². The van der Waals surface area contributed by atoms with Crippen LogP contribution < -0.4 is 5.32 Å². The van der Waals surface area contributed by atoms with Gasteiger partial charge in [-0.3, -0.25) is 14.9 Å². The first-order valence-corrected chi connectivity index (χ1v) is 8.54. The van der Waals surface area contributed by atoms with Gasteiger partial charge in [0.25, 0.3) is 5.91 Å². The molecule has 0 aromatic carbocycles. The number of carbonyl (C=O) groups is 1. The highest BCUT2D eigenvalue weighted by atomic mass is 16.2. The van der Waals surface area contributed by atoms with Crippen LogP contribution in [0.5, 0.6) is 0 Å². The van der Waals surface area contributed by atoms with E-state index in [9.17, 15) is 4.79 Å². The molecule has 1 saturated carbocycles. The lowest BCUT2D eigenvalue weighted by Gasteiger charge is -1.99. The molecule has 7 heteroatoms. The fraction of sp³-hybridized carbons (Fsp3) is 0.158. The molecule has 4 aromatic heterocycles. The molecule has 1 amide bonds. The second kappa shape index (κ2) is 5.80. The number of hydrogen-bond donors (Lipinski definition) is 2. The highest BCUT2D eigenvalue weighted by Crippen LogP contribution is 2.40. The monoisotopic (exact) mass is 344 g/mol. The van der Waals surface area contributed by atoms with Crippen molar-refractivity contribution in [1.29, 1.82) is 0 Å². The van der Waals surface area contributed by atoms with Crippen LogP contribution in [0.2, 0.25) is 0 Å². The number of aromatic nitrogens is 5. The summed E-state index contributed by atoms with van der Waals surface area (Å²) in [6.07, 6.45) is 7.65. The van der Waals surface area contributed by atoms with Crippen molar-refractivity contribution >= 4 is 17.2 Å². The summed E-state index contributed by atoms with van der Waals surface area (Å²) in [4.78, 5) is 21.4. The van der Waals surface area contributed by atoms with Crippen molar-refractivity contribution in [2.45, 2.75) is 18.8 Å². The van der Waals surface area contributed by atoms with E-state index in [0.29, 0.717) is 17.4 Å². The number of nitrogens with zero attached hydrogens (tertiary/aromatic N) is 4. The molecule has 5 rings (SSSR count). The van der Waals surface area contributed by atoms with E-state index >= 15 is 0 Å². The molecule has 0 bridgehead atoms.